The van der Waals surface area contributed by atoms with Crippen LogP contribution in [0.15, 0.2) is 24.3 Å². The summed E-state index contributed by atoms with van der Waals surface area (Å²) in [6.07, 6.45) is -6.24. The van der Waals surface area contributed by atoms with E-state index in [0.29, 0.717) is 0 Å². The van der Waals surface area contributed by atoms with E-state index in [2.05, 4.69) is 4.74 Å². The van der Waals surface area contributed by atoms with E-state index in [4.69, 9.17) is 15.4 Å². The zero-order valence-electron chi connectivity index (χ0n) is 11.1. The molecule has 1 heterocycles. The molecule has 0 saturated heterocycles. The van der Waals surface area contributed by atoms with E-state index in [0.717, 1.165) is 19.1 Å². The lowest BCUT2D eigenvalue weighted by Gasteiger charge is -2.41. The van der Waals surface area contributed by atoms with Crippen LogP contribution in [-0.4, -0.2) is 26.0 Å². The molecule has 0 bridgehead atoms. The number of hydrogen-bond acceptors (Lipinski definition) is 5. The lowest BCUT2D eigenvalue weighted by atomic mass is 9.87. The van der Waals surface area contributed by atoms with Gasteiger partial charge in [0.2, 0.25) is 11.0 Å². The maximum atomic E-state index is 13.6. The molecule has 0 amide bonds. The number of halogens is 4. The average molecular weight is 359 g/mol. The minimum Gasteiger partial charge on any atom is -0.473 e. The summed E-state index contributed by atoms with van der Waals surface area (Å²) < 4.78 is 73.3. The Morgan fingerprint density at radius 1 is 1.41 bits per heavy atom. The van der Waals surface area contributed by atoms with E-state index in [-0.39, 0.29) is 5.75 Å². The topological polar surface area (TPSA) is 69.7 Å². The van der Waals surface area contributed by atoms with Gasteiger partial charge in [0, 0.05) is 23.2 Å². The number of ether oxygens (including phenoxy) is 2. The van der Waals surface area contributed by atoms with Gasteiger partial charge in [-0.2, -0.15) is 13.2 Å². The number of alkyl halides is 3. The van der Waals surface area contributed by atoms with Crippen LogP contribution in [0.25, 0.3) is 0 Å². The second kappa shape index (κ2) is 5.31. The largest absolute Gasteiger partial charge is 0.473 e. The number of carbonyl (C=O) groups is 1. The Hall–Kier alpha value is -1.48. The third-order valence-electron chi connectivity index (χ3n) is 3.12. The highest BCUT2D eigenvalue weighted by Crippen LogP contribution is 2.52. The molecule has 0 spiro atoms. The third-order valence-corrected chi connectivity index (χ3v) is 4.61. The number of esters is 1. The van der Waals surface area contributed by atoms with Crippen molar-refractivity contribution in [3.05, 3.63) is 29.8 Å². The highest BCUT2D eigenvalue weighted by Gasteiger charge is 2.64. The molecule has 1 aliphatic rings. The summed E-state index contributed by atoms with van der Waals surface area (Å²) in [4.78, 5) is 11.2. The first-order chi connectivity index (χ1) is 9.97. The average Bonchev–Trinajstić information content (AvgIpc) is 2.35. The van der Waals surface area contributed by atoms with Gasteiger partial charge in [-0.15, -0.1) is 0 Å². The standard InChI is InChI=1S/C12H10ClF3O5S/c1-7(17)21-11(12(14,15)16)6-10(22(13,18)19)20-9-5-3-2-4-8(9)11/h2-5,10H,6H2,1H3. The molecule has 122 valence electrons. The highest BCUT2D eigenvalue weighted by molar-refractivity contribution is 8.14. The van der Waals surface area contributed by atoms with Crippen LogP contribution in [0, 0.1) is 0 Å². The van der Waals surface area contributed by atoms with Crippen molar-refractivity contribution in [2.45, 2.75) is 30.6 Å². The van der Waals surface area contributed by atoms with Gasteiger partial charge in [-0.05, 0) is 6.07 Å². The molecule has 0 saturated carbocycles. The Morgan fingerprint density at radius 3 is 2.50 bits per heavy atom. The van der Waals surface area contributed by atoms with E-state index in [9.17, 15) is 26.4 Å². The second-order valence-corrected chi connectivity index (χ2v) is 7.41. The van der Waals surface area contributed by atoms with Gasteiger partial charge in [-0.3, -0.25) is 4.79 Å². The lowest BCUT2D eigenvalue weighted by Crippen LogP contribution is -2.52. The van der Waals surface area contributed by atoms with E-state index < -0.39 is 44.2 Å². The molecule has 0 aliphatic carbocycles. The smallest absolute Gasteiger partial charge is 0.433 e. The minimum absolute atomic E-state index is 0.360. The van der Waals surface area contributed by atoms with Crippen molar-refractivity contribution in [1.29, 1.82) is 0 Å². The molecule has 1 aromatic rings. The Balaban J connectivity index is 2.71. The molecular formula is C12H10ClF3O5S. The molecule has 1 aliphatic heterocycles. The number of benzene rings is 1. The predicted octanol–water partition coefficient (Wildman–Crippen LogP) is 2.68. The first-order valence-electron chi connectivity index (χ1n) is 5.93. The number of para-hydroxylation sites is 1. The normalized spacial score (nSPS) is 25.0. The van der Waals surface area contributed by atoms with Crippen molar-refractivity contribution in [2.75, 3.05) is 0 Å². The summed E-state index contributed by atoms with van der Waals surface area (Å²) in [6.45, 7) is 0.801. The van der Waals surface area contributed by atoms with Gasteiger partial charge < -0.3 is 9.47 Å². The van der Waals surface area contributed by atoms with Crippen LogP contribution < -0.4 is 4.74 Å². The first kappa shape index (κ1) is 16.9. The van der Waals surface area contributed by atoms with Crippen LogP contribution in [0.1, 0.15) is 18.9 Å². The Labute approximate surface area is 128 Å². The molecule has 0 radical (unpaired) electrons. The van der Waals surface area contributed by atoms with E-state index in [1.807, 2.05) is 0 Å². The fourth-order valence-electron chi connectivity index (χ4n) is 2.26. The molecule has 2 atom stereocenters. The molecular weight excluding hydrogens is 349 g/mol. The van der Waals surface area contributed by atoms with Gasteiger partial charge in [0.15, 0.2) is 0 Å². The van der Waals surface area contributed by atoms with Crippen molar-refractivity contribution in [2.24, 2.45) is 0 Å². The molecule has 1 aromatic carbocycles. The quantitative estimate of drug-likeness (QED) is 0.600. The van der Waals surface area contributed by atoms with Gasteiger partial charge in [0.1, 0.15) is 5.75 Å². The van der Waals surface area contributed by atoms with Crippen molar-refractivity contribution in [3.63, 3.8) is 0 Å². The number of rotatable bonds is 2. The number of fused-ring (bicyclic) bond motifs is 1. The molecule has 2 rings (SSSR count). The van der Waals surface area contributed by atoms with Crippen molar-refractivity contribution in [1.82, 2.24) is 0 Å². The molecule has 22 heavy (non-hydrogen) atoms. The summed E-state index contributed by atoms with van der Waals surface area (Å²) in [5.41, 5.74) is -5.61. The monoisotopic (exact) mass is 358 g/mol. The van der Waals surface area contributed by atoms with Gasteiger partial charge in [-0.1, -0.05) is 18.2 Å². The molecule has 5 nitrogen and oxygen atoms in total. The first-order valence-corrected chi connectivity index (χ1v) is 8.30. The van der Waals surface area contributed by atoms with Crippen molar-refractivity contribution in [3.8, 4) is 5.75 Å². The van der Waals surface area contributed by atoms with Gasteiger partial charge in [-0.25, -0.2) is 8.42 Å². The van der Waals surface area contributed by atoms with Crippen LogP contribution >= 0.6 is 10.7 Å². The van der Waals surface area contributed by atoms with Gasteiger partial charge in [0.05, 0.1) is 6.42 Å². The second-order valence-electron chi connectivity index (χ2n) is 4.64. The summed E-state index contributed by atoms with van der Waals surface area (Å²) in [5, 5.41) is 0. The summed E-state index contributed by atoms with van der Waals surface area (Å²) >= 11 is 0. The van der Waals surface area contributed by atoms with E-state index in [1.165, 1.54) is 12.1 Å². The predicted molar refractivity (Wildman–Crippen MR) is 69.7 cm³/mol. The minimum atomic E-state index is -5.06. The molecule has 2 unspecified atom stereocenters. The Bertz CT molecular complexity index is 703. The van der Waals surface area contributed by atoms with Crippen LogP contribution in [-0.2, 0) is 24.2 Å². The van der Waals surface area contributed by atoms with Gasteiger partial charge >= 0.3 is 12.1 Å². The maximum Gasteiger partial charge on any atom is 0.433 e. The highest BCUT2D eigenvalue weighted by atomic mass is 35.7. The summed E-state index contributed by atoms with van der Waals surface area (Å²) in [7, 11) is 0.655. The van der Waals surface area contributed by atoms with Crippen LogP contribution in [0.3, 0.4) is 0 Å². The SMILES string of the molecule is CC(=O)OC1(C(F)(F)F)CC(S(=O)(=O)Cl)Oc2ccccc21. The summed E-state index contributed by atoms with van der Waals surface area (Å²) in [5.74, 6) is -1.57. The third kappa shape index (κ3) is 2.87. The zero-order chi connectivity index (χ0) is 16.8. The Morgan fingerprint density at radius 2 is 2.00 bits per heavy atom. The Kier molecular flexibility index (Phi) is 4.07. The lowest BCUT2D eigenvalue weighted by molar-refractivity contribution is -0.284. The van der Waals surface area contributed by atoms with Crippen molar-refractivity contribution >= 4 is 25.7 Å². The number of carbonyl (C=O) groups excluding carboxylic acids is 1. The fourth-order valence-corrected chi connectivity index (χ4v) is 3.21. The fraction of sp³-hybridized carbons (Fsp3) is 0.417. The van der Waals surface area contributed by atoms with Crippen LogP contribution in [0.5, 0.6) is 5.75 Å². The molecule has 0 aromatic heterocycles. The molecule has 0 fully saturated rings. The van der Waals surface area contributed by atoms with E-state index in [1.54, 1.807) is 0 Å². The number of hydrogen-bond donors (Lipinski definition) is 0. The van der Waals surface area contributed by atoms with Crippen molar-refractivity contribution < 1.29 is 35.9 Å². The summed E-state index contributed by atoms with van der Waals surface area (Å²) in [6, 6.07) is 4.86. The maximum absolute atomic E-state index is 13.6. The van der Waals surface area contributed by atoms with Crippen LogP contribution in [0.4, 0.5) is 13.2 Å². The molecule has 0 N–H and O–H groups in total. The zero-order valence-corrected chi connectivity index (χ0v) is 12.6. The molecule has 10 heteroatoms. The van der Waals surface area contributed by atoms with E-state index >= 15 is 0 Å². The van der Waals surface area contributed by atoms with Crippen LogP contribution in [0.2, 0.25) is 0 Å². The van der Waals surface area contributed by atoms with Gasteiger partial charge in [0.25, 0.3) is 9.05 Å².